The normalized spacial score (nSPS) is 35.3. The van der Waals surface area contributed by atoms with Crippen molar-refractivity contribution in [3.63, 3.8) is 0 Å². The Kier molecular flexibility index (Phi) is 2.70. The van der Waals surface area contributed by atoms with Gasteiger partial charge in [-0.25, -0.2) is 14.5 Å². The summed E-state index contributed by atoms with van der Waals surface area (Å²) in [5.74, 6) is -4.52. The first-order valence-corrected chi connectivity index (χ1v) is 5.11. The fourth-order valence-corrected chi connectivity index (χ4v) is 1.39. The highest BCUT2D eigenvalue weighted by Gasteiger charge is 2.46. The van der Waals surface area contributed by atoms with Gasteiger partial charge in [0.15, 0.2) is 0 Å². The summed E-state index contributed by atoms with van der Waals surface area (Å²) in [4.78, 5) is 35.3. The Morgan fingerprint density at radius 2 is 2.12 bits per heavy atom. The van der Waals surface area contributed by atoms with E-state index in [0.29, 0.717) is 4.90 Å². The van der Waals surface area contributed by atoms with Gasteiger partial charge in [0.05, 0.1) is 0 Å². The zero-order chi connectivity index (χ0) is 15.2. The van der Waals surface area contributed by atoms with Crippen LogP contribution >= 0.6 is 0 Å². The van der Waals surface area contributed by atoms with Crippen molar-refractivity contribution in [3.05, 3.63) is 0 Å². The van der Waals surface area contributed by atoms with Crippen molar-refractivity contribution in [3.8, 4) is 0 Å². The Bertz CT molecular complexity index is 429. The van der Waals surface area contributed by atoms with E-state index < -0.39 is 41.9 Å². The van der Waals surface area contributed by atoms with Crippen LogP contribution in [0.2, 0.25) is 0 Å². The molecule has 1 N–H and O–H groups in total. The van der Waals surface area contributed by atoms with Gasteiger partial charge in [-0.1, -0.05) is 6.92 Å². The first kappa shape index (κ1) is 10.6. The van der Waals surface area contributed by atoms with Crippen molar-refractivity contribution in [2.75, 3.05) is 0 Å². The molecule has 0 bridgehead atoms. The van der Waals surface area contributed by atoms with Gasteiger partial charge in [-0.15, -0.1) is 0 Å². The lowest BCUT2D eigenvalue weighted by Gasteiger charge is -2.25. The van der Waals surface area contributed by atoms with Crippen LogP contribution in [0.3, 0.4) is 0 Å². The smallest absolute Gasteiger partial charge is 0.417 e. The molecule has 2 amide bonds. The van der Waals surface area contributed by atoms with E-state index >= 15 is 0 Å². The predicted octanol–water partition coefficient (Wildman–Crippen LogP) is 1.24. The van der Waals surface area contributed by atoms with E-state index in [2.05, 4.69) is 0 Å². The fourth-order valence-electron chi connectivity index (χ4n) is 1.39. The molecular weight excluding hydrogens is 227 g/mol. The molecule has 1 aliphatic heterocycles. The maximum atomic E-state index is 11.9. The Morgan fingerprint density at radius 3 is 2.53 bits per heavy atom. The summed E-state index contributed by atoms with van der Waals surface area (Å²) in [6, 6.07) is -1.70. The molecule has 1 saturated heterocycles. The molecule has 6 heteroatoms. The van der Waals surface area contributed by atoms with E-state index in [0.717, 1.165) is 6.92 Å². The summed E-state index contributed by atoms with van der Waals surface area (Å²) in [5, 5.41) is 9.05. The Balaban J connectivity index is 3.13. The third-order valence-electron chi connectivity index (χ3n) is 2.09. The van der Waals surface area contributed by atoms with Crippen LogP contribution in [0.15, 0.2) is 0 Å². The van der Waals surface area contributed by atoms with Crippen molar-refractivity contribution in [2.24, 2.45) is 5.89 Å². The minimum Gasteiger partial charge on any atom is -0.480 e. The molecule has 0 radical (unpaired) electrons. The van der Waals surface area contributed by atoms with Crippen molar-refractivity contribution >= 4 is 18.0 Å². The number of rotatable bonds is 1. The molecule has 1 aliphatic rings. The van der Waals surface area contributed by atoms with Gasteiger partial charge in [-0.3, -0.25) is 4.79 Å². The Hall–Kier alpha value is -1.59. The van der Waals surface area contributed by atoms with Crippen LogP contribution in [0, 0.1) is 5.89 Å². The van der Waals surface area contributed by atoms with E-state index in [1.54, 1.807) is 20.8 Å². The maximum Gasteiger partial charge on any atom is 0.417 e. The summed E-state index contributed by atoms with van der Waals surface area (Å²) in [6.45, 7) is 5.82. The van der Waals surface area contributed by atoms with Crippen LogP contribution < -0.4 is 0 Å². The monoisotopic (exact) mass is 246 g/mol. The number of likely N-dealkylation sites (tertiary alicyclic amines) is 1. The lowest BCUT2D eigenvalue weighted by atomic mass is 10.1. The minimum absolute atomic E-state index is 0.359. The lowest BCUT2D eigenvalue weighted by Crippen LogP contribution is -2.45. The SMILES string of the molecule is [2H][C@H]1[C@H](C(=O)O)N(C(=O)OC(C)(C)C)C(=O)[C@]1([2H])[13CH3]. The van der Waals surface area contributed by atoms with Gasteiger partial charge in [0.1, 0.15) is 11.6 Å². The standard InChI is InChI=1S/C11H17NO5/c1-6-5-7(9(14)15)12(8(6)13)10(16)17-11(2,3)4/h6-7H,5H2,1-4H3,(H,14,15)/t6-,7-/m1/s1/i1+1,5D,6D/t5-,6-,7-. The molecule has 0 aromatic carbocycles. The van der Waals surface area contributed by atoms with Crippen LogP contribution in [0.5, 0.6) is 0 Å². The number of carboxylic acids is 1. The number of carbonyl (C=O) groups is 3. The van der Waals surface area contributed by atoms with Gasteiger partial charge in [0.25, 0.3) is 0 Å². The van der Waals surface area contributed by atoms with Gasteiger partial charge in [0.2, 0.25) is 5.91 Å². The number of ether oxygens (including phenoxy) is 1. The number of hydrogen-bond acceptors (Lipinski definition) is 4. The van der Waals surface area contributed by atoms with Crippen molar-refractivity contribution in [1.82, 2.24) is 4.90 Å². The van der Waals surface area contributed by atoms with Gasteiger partial charge in [-0.05, 0) is 27.2 Å². The van der Waals surface area contributed by atoms with Gasteiger partial charge in [-0.2, -0.15) is 0 Å². The highest BCUT2D eigenvalue weighted by atomic mass is 16.6. The molecule has 1 fully saturated rings. The molecule has 1 rings (SSSR count). The Morgan fingerprint density at radius 1 is 1.59 bits per heavy atom. The number of hydrogen-bond donors (Lipinski definition) is 1. The molecule has 6 nitrogen and oxygen atoms in total. The third kappa shape index (κ3) is 2.95. The number of carbonyl (C=O) groups excluding carboxylic acids is 2. The second kappa shape index (κ2) is 4.35. The maximum absolute atomic E-state index is 11.9. The third-order valence-corrected chi connectivity index (χ3v) is 2.09. The van der Waals surface area contributed by atoms with E-state index in [9.17, 15) is 14.4 Å². The molecule has 0 spiro atoms. The quantitative estimate of drug-likeness (QED) is 0.704. The molecular formula is C11H17NO5. The number of amides is 2. The second-order valence-corrected chi connectivity index (χ2v) is 4.79. The number of carboxylic acid groups (broad SMARTS) is 1. The summed E-state index contributed by atoms with van der Waals surface area (Å²) in [5.41, 5.74) is -0.904. The minimum atomic E-state index is -1.99. The zero-order valence-electron chi connectivity index (χ0n) is 12.2. The number of nitrogens with zero attached hydrogens (tertiary/aromatic N) is 1. The molecule has 17 heavy (non-hydrogen) atoms. The highest BCUT2D eigenvalue weighted by molar-refractivity contribution is 6.00. The molecule has 0 aliphatic carbocycles. The van der Waals surface area contributed by atoms with E-state index in [1.165, 1.54) is 0 Å². The summed E-state index contributed by atoms with van der Waals surface area (Å²) < 4.78 is 20.3. The van der Waals surface area contributed by atoms with E-state index in [4.69, 9.17) is 12.6 Å². The molecule has 0 aromatic heterocycles. The predicted molar refractivity (Wildman–Crippen MR) is 58.3 cm³/mol. The lowest BCUT2D eigenvalue weighted by molar-refractivity contribution is -0.145. The number of aliphatic carboxylic acids is 1. The molecule has 3 atom stereocenters. The number of imide groups is 1. The average molecular weight is 246 g/mol. The van der Waals surface area contributed by atoms with E-state index in [1.807, 2.05) is 0 Å². The van der Waals surface area contributed by atoms with Crippen LogP contribution in [0.25, 0.3) is 0 Å². The van der Waals surface area contributed by atoms with Crippen LogP contribution in [0.1, 0.15) is 36.8 Å². The van der Waals surface area contributed by atoms with Crippen LogP contribution in [-0.2, 0) is 14.3 Å². The second-order valence-electron chi connectivity index (χ2n) is 4.79. The van der Waals surface area contributed by atoms with Crippen molar-refractivity contribution in [2.45, 2.75) is 45.7 Å². The average Bonchev–Trinajstić information content (AvgIpc) is 2.36. The molecule has 0 unspecified atom stereocenters. The molecule has 0 aromatic rings. The van der Waals surface area contributed by atoms with Crippen molar-refractivity contribution < 1.29 is 27.0 Å². The summed E-state index contributed by atoms with van der Waals surface area (Å²) >= 11 is 0. The first-order chi connectivity index (χ1) is 8.39. The largest absolute Gasteiger partial charge is 0.480 e. The summed E-state index contributed by atoms with van der Waals surface area (Å²) in [6.07, 6.45) is -2.71. The van der Waals surface area contributed by atoms with Gasteiger partial charge in [0, 0.05) is 8.64 Å². The van der Waals surface area contributed by atoms with Crippen LogP contribution in [-0.4, -0.2) is 39.6 Å². The highest BCUT2D eigenvalue weighted by Crippen LogP contribution is 2.26. The molecule has 0 saturated carbocycles. The zero-order valence-corrected chi connectivity index (χ0v) is 10.2. The first-order valence-electron chi connectivity index (χ1n) is 6.19. The summed E-state index contributed by atoms with van der Waals surface area (Å²) in [7, 11) is 0. The van der Waals surface area contributed by atoms with E-state index in [-0.39, 0.29) is 0 Å². The van der Waals surface area contributed by atoms with Crippen molar-refractivity contribution in [1.29, 1.82) is 0 Å². The molecule has 96 valence electrons. The van der Waals surface area contributed by atoms with Crippen LogP contribution in [0.4, 0.5) is 4.79 Å². The Labute approximate surface area is 102 Å². The topological polar surface area (TPSA) is 83.9 Å². The van der Waals surface area contributed by atoms with Gasteiger partial charge >= 0.3 is 12.1 Å². The fraction of sp³-hybridized carbons (Fsp3) is 0.727. The van der Waals surface area contributed by atoms with Gasteiger partial charge < -0.3 is 9.84 Å². The molecule has 1 heterocycles.